The first-order valence-electron chi connectivity index (χ1n) is 8.12. The van der Waals surface area contributed by atoms with Crippen molar-refractivity contribution in [3.05, 3.63) is 54.1 Å². The highest BCUT2D eigenvalue weighted by Gasteiger charge is 2.31. The number of nitrogens with two attached hydrogens (primary N) is 1. The number of fused-ring (bicyclic) bond motifs is 1. The van der Waals surface area contributed by atoms with Crippen molar-refractivity contribution in [2.24, 2.45) is 10.7 Å². The number of ether oxygens (including phenoxy) is 1. The van der Waals surface area contributed by atoms with Crippen LogP contribution in [0, 0.1) is 0 Å². The molecule has 0 saturated heterocycles. The third-order valence-corrected chi connectivity index (χ3v) is 3.95. The van der Waals surface area contributed by atoms with E-state index in [0.717, 1.165) is 11.3 Å². The molecule has 0 fully saturated rings. The summed E-state index contributed by atoms with van der Waals surface area (Å²) in [4.78, 5) is 16.1. The molecule has 142 valence electrons. The number of aliphatic imine (C=N–C) groups is 1. The second-order valence-electron chi connectivity index (χ2n) is 5.96. The Kier molecular flexibility index (Phi) is 5.20. The van der Waals surface area contributed by atoms with Crippen LogP contribution < -0.4 is 21.1 Å². The fraction of sp³-hybridized carbons (Fsp3) is 0.222. The molecule has 1 aliphatic heterocycles. The van der Waals surface area contributed by atoms with Crippen LogP contribution in [-0.2, 0) is 4.79 Å². The number of hydrogen-bond acceptors (Lipinski definition) is 3. The number of anilines is 2. The van der Waals surface area contributed by atoms with Crippen LogP contribution in [0.2, 0.25) is 0 Å². The third-order valence-electron chi connectivity index (χ3n) is 3.95. The minimum Gasteiger partial charge on any atom is -0.406 e. The van der Waals surface area contributed by atoms with Crippen LogP contribution in [0.25, 0.3) is 0 Å². The van der Waals surface area contributed by atoms with E-state index >= 15 is 0 Å². The summed E-state index contributed by atoms with van der Waals surface area (Å²) >= 11 is 0. The van der Waals surface area contributed by atoms with Gasteiger partial charge in [0.25, 0.3) is 0 Å². The number of rotatable bonds is 4. The van der Waals surface area contributed by atoms with Crippen molar-refractivity contribution in [2.45, 2.75) is 18.7 Å². The van der Waals surface area contributed by atoms with Gasteiger partial charge >= 0.3 is 6.36 Å². The number of para-hydroxylation sites is 1. The van der Waals surface area contributed by atoms with Gasteiger partial charge in [0.2, 0.25) is 5.91 Å². The van der Waals surface area contributed by atoms with E-state index in [4.69, 9.17) is 5.73 Å². The minimum absolute atomic E-state index is 0.0827. The van der Waals surface area contributed by atoms with Gasteiger partial charge in [0.1, 0.15) is 5.75 Å². The first kappa shape index (κ1) is 18.6. The van der Waals surface area contributed by atoms with Gasteiger partial charge in [0.15, 0.2) is 5.96 Å². The number of carbonyl (C=O) groups is 1. The van der Waals surface area contributed by atoms with Crippen LogP contribution in [0.5, 0.6) is 5.75 Å². The number of hydrogen-bond donors (Lipinski definition) is 3. The molecule has 0 bridgehead atoms. The Morgan fingerprint density at radius 2 is 1.93 bits per heavy atom. The monoisotopic (exact) mass is 378 g/mol. The lowest BCUT2D eigenvalue weighted by Gasteiger charge is -2.24. The Labute approximate surface area is 153 Å². The van der Waals surface area contributed by atoms with Gasteiger partial charge in [-0.3, -0.25) is 9.79 Å². The lowest BCUT2D eigenvalue weighted by molar-refractivity contribution is -0.274. The lowest BCUT2D eigenvalue weighted by atomic mass is 9.91. The molecule has 2 aromatic rings. The highest BCUT2D eigenvalue weighted by molar-refractivity contribution is 5.95. The number of amides is 1. The number of carbonyl (C=O) groups excluding carboxylic acids is 1. The molecule has 0 aromatic heterocycles. The molecule has 9 heteroatoms. The summed E-state index contributed by atoms with van der Waals surface area (Å²) in [6.07, 6.45) is -4.44. The molecule has 1 atom stereocenters. The minimum atomic E-state index is -4.74. The molecular weight excluding hydrogens is 361 g/mol. The smallest absolute Gasteiger partial charge is 0.406 e. The fourth-order valence-electron chi connectivity index (χ4n) is 2.80. The van der Waals surface area contributed by atoms with Crippen molar-refractivity contribution in [3.63, 3.8) is 0 Å². The van der Waals surface area contributed by atoms with Gasteiger partial charge in [-0.2, -0.15) is 0 Å². The zero-order valence-electron chi connectivity index (χ0n) is 14.1. The molecule has 0 radical (unpaired) electrons. The van der Waals surface area contributed by atoms with Gasteiger partial charge in [0.05, 0.1) is 6.54 Å². The van der Waals surface area contributed by atoms with E-state index in [-0.39, 0.29) is 23.5 Å². The van der Waals surface area contributed by atoms with E-state index in [0.29, 0.717) is 18.7 Å². The zero-order chi connectivity index (χ0) is 19.4. The maximum atomic E-state index is 12.2. The molecule has 3 rings (SSSR count). The first-order chi connectivity index (χ1) is 12.8. The summed E-state index contributed by atoms with van der Waals surface area (Å²) < 4.78 is 40.3. The molecule has 0 aliphatic carbocycles. The predicted octanol–water partition coefficient (Wildman–Crippen LogP) is 3.44. The van der Waals surface area contributed by atoms with Crippen LogP contribution in [0.15, 0.2) is 53.5 Å². The SMILES string of the molecule is NC(=NCC1CC(=O)Nc2ccccc21)Nc1ccc(OC(F)(F)F)cc1. The van der Waals surface area contributed by atoms with E-state index in [1.807, 2.05) is 24.3 Å². The maximum Gasteiger partial charge on any atom is 0.573 e. The average molecular weight is 378 g/mol. The van der Waals surface area contributed by atoms with Crippen LogP contribution in [0.1, 0.15) is 17.9 Å². The normalized spacial score (nSPS) is 17.1. The Morgan fingerprint density at radius 1 is 1.22 bits per heavy atom. The number of nitrogens with zero attached hydrogens (tertiary/aromatic N) is 1. The van der Waals surface area contributed by atoms with Crippen molar-refractivity contribution in [1.82, 2.24) is 0 Å². The van der Waals surface area contributed by atoms with Gasteiger partial charge in [-0.25, -0.2) is 0 Å². The van der Waals surface area contributed by atoms with Crippen LogP contribution in [0.3, 0.4) is 0 Å². The molecule has 1 unspecified atom stereocenters. The van der Waals surface area contributed by atoms with Gasteiger partial charge in [-0.1, -0.05) is 18.2 Å². The van der Waals surface area contributed by atoms with E-state index < -0.39 is 6.36 Å². The molecule has 0 saturated carbocycles. The zero-order valence-corrected chi connectivity index (χ0v) is 14.1. The Bertz CT molecular complexity index is 850. The second kappa shape index (κ2) is 7.56. The molecule has 0 spiro atoms. The summed E-state index contributed by atoms with van der Waals surface area (Å²) in [5.74, 6) is -0.408. The Morgan fingerprint density at radius 3 is 2.63 bits per heavy atom. The topological polar surface area (TPSA) is 88.7 Å². The number of alkyl halides is 3. The van der Waals surface area contributed by atoms with Gasteiger partial charge in [0, 0.05) is 23.7 Å². The van der Waals surface area contributed by atoms with Crippen LogP contribution >= 0.6 is 0 Å². The molecule has 27 heavy (non-hydrogen) atoms. The number of benzene rings is 2. The highest BCUT2D eigenvalue weighted by atomic mass is 19.4. The van der Waals surface area contributed by atoms with Crippen molar-refractivity contribution in [3.8, 4) is 5.75 Å². The fourth-order valence-corrected chi connectivity index (χ4v) is 2.80. The van der Waals surface area contributed by atoms with Crippen molar-refractivity contribution in [2.75, 3.05) is 17.2 Å². The number of halogens is 3. The summed E-state index contributed by atoms with van der Waals surface area (Å²) in [6.45, 7) is 0.304. The van der Waals surface area contributed by atoms with Gasteiger partial charge in [-0.15, -0.1) is 13.2 Å². The largest absolute Gasteiger partial charge is 0.573 e. The van der Waals surface area contributed by atoms with Crippen molar-refractivity contribution in [1.29, 1.82) is 0 Å². The molecular formula is C18H17F3N4O2. The summed E-state index contributed by atoms with van der Waals surface area (Å²) in [5.41, 5.74) is 8.06. The Balaban J connectivity index is 1.62. The molecule has 1 amide bonds. The average Bonchev–Trinajstić information content (AvgIpc) is 2.60. The van der Waals surface area contributed by atoms with E-state index in [1.165, 1.54) is 24.3 Å². The maximum absolute atomic E-state index is 12.2. The van der Waals surface area contributed by atoms with Crippen LogP contribution in [-0.4, -0.2) is 24.8 Å². The van der Waals surface area contributed by atoms with Crippen LogP contribution in [0.4, 0.5) is 24.5 Å². The molecule has 1 heterocycles. The summed E-state index contributed by atoms with van der Waals surface area (Å²) in [7, 11) is 0. The second-order valence-corrected chi connectivity index (χ2v) is 5.96. The number of nitrogens with one attached hydrogen (secondary N) is 2. The number of guanidine groups is 1. The first-order valence-corrected chi connectivity index (χ1v) is 8.12. The van der Waals surface area contributed by atoms with E-state index in [2.05, 4.69) is 20.4 Å². The predicted molar refractivity (Wildman–Crippen MR) is 95.7 cm³/mol. The molecule has 4 N–H and O–H groups in total. The Hall–Kier alpha value is -3.23. The third kappa shape index (κ3) is 5.13. The van der Waals surface area contributed by atoms with E-state index in [1.54, 1.807) is 0 Å². The molecule has 2 aromatic carbocycles. The standard InChI is InChI=1S/C18H17F3N4O2/c19-18(20,21)27-13-7-5-12(6-8-13)24-17(22)23-10-11-9-16(26)25-15-4-2-1-3-14(11)15/h1-8,11H,9-10H2,(H,25,26)(H3,22,23,24). The molecule has 1 aliphatic rings. The lowest BCUT2D eigenvalue weighted by Crippen LogP contribution is -2.27. The molecule has 6 nitrogen and oxygen atoms in total. The van der Waals surface area contributed by atoms with Gasteiger partial charge in [-0.05, 0) is 35.9 Å². The summed E-state index contributed by atoms with van der Waals surface area (Å²) in [5, 5.41) is 5.61. The quantitative estimate of drug-likeness (QED) is 0.562. The highest BCUT2D eigenvalue weighted by Crippen LogP contribution is 2.32. The van der Waals surface area contributed by atoms with Crippen molar-refractivity contribution < 1.29 is 22.7 Å². The van der Waals surface area contributed by atoms with E-state index in [9.17, 15) is 18.0 Å². The van der Waals surface area contributed by atoms with Crippen molar-refractivity contribution >= 4 is 23.2 Å². The van der Waals surface area contributed by atoms with Gasteiger partial charge < -0.3 is 21.1 Å². The summed E-state index contributed by atoms with van der Waals surface area (Å²) in [6, 6.07) is 12.6.